The number of allylic oxidation sites excluding steroid dienone is 2. The van der Waals surface area contributed by atoms with Gasteiger partial charge in [0.05, 0.1) is 18.1 Å². The molecule has 0 amide bonds. The molecular weight excluding hydrogens is 550 g/mol. The third-order valence-corrected chi connectivity index (χ3v) is 10.2. The van der Waals surface area contributed by atoms with E-state index in [9.17, 15) is 34.8 Å². The number of ketones is 3. The molecule has 9 heteroatoms. The van der Waals surface area contributed by atoms with Gasteiger partial charge in [0.2, 0.25) is 5.78 Å². The molecule has 0 aliphatic heterocycles. The van der Waals surface area contributed by atoms with Gasteiger partial charge < -0.3 is 24.8 Å². The topological polar surface area (TPSA) is 149 Å². The lowest BCUT2D eigenvalue weighted by molar-refractivity contribution is -0.171. The molecule has 4 N–H and O–H groups in total. The first-order chi connectivity index (χ1) is 20.1. The van der Waals surface area contributed by atoms with Crippen LogP contribution in [0.1, 0.15) is 76.4 Å². The molecule has 43 heavy (non-hydrogen) atoms. The SMILES string of the molecule is CCN(CC)Cc1cc(-c2ccoc2)c2c(c1O)C(=O)C1=C(O)[C@@]3(O)C(=O)C(C(C)=O)=C(O)C(C(C)C)[C@@]3(C)C[C@@]1(C)C2. The van der Waals surface area contributed by atoms with E-state index in [-0.39, 0.29) is 35.6 Å². The van der Waals surface area contributed by atoms with Crippen molar-refractivity contribution in [1.82, 2.24) is 4.90 Å². The maximum absolute atomic E-state index is 14.5. The van der Waals surface area contributed by atoms with Crippen molar-refractivity contribution >= 4 is 17.3 Å². The number of aliphatic hydroxyl groups is 3. The summed E-state index contributed by atoms with van der Waals surface area (Å²) < 4.78 is 5.38. The van der Waals surface area contributed by atoms with Crippen molar-refractivity contribution < 1.29 is 39.2 Å². The lowest BCUT2D eigenvalue weighted by Crippen LogP contribution is -2.67. The largest absolute Gasteiger partial charge is 0.511 e. The number of phenolic OH excluding ortho intramolecular Hbond substituents is 1. The second-order valence-electron chi connectivity index (χ2n) is 13.2. The van der Waals surface area contributed by atoms with Crippen molar-refractivity contribution in [2.24, 2.45) is 22.7 Å². The Morgan fingerprint density at radius 2 is 1.79 bits per heavy atom. The molecule has 1 aromatic carbocycles. The number of hydrogen-bond acceptors (Lipinski definition) is 9. The van der Waals surface area contributed by atoms with E-state index in [4.69, 9.17) is 4.42 Å². The zero-order chi connectivity index (χ0) is 31.8. The van der Waals surface area contributed by atoms with Gasteiger partial charge in [-0.1, -0.05) is 41.5 Å². The average Bonchev–Trinajstić information content (AvgIpc) is 3.45. The van der Waals surface area contributed by atoms with Gasteiger partial charge in [-0.2, -0.15) is 0 Å². The summed E-state index contributed by atoms with van der Waals surface area (Å²) in [4.78, 5) is 43.1. The van der Waals surface area contributed by atoms with Crippen LogP contribution in [-0.4, -0.2) is 61.4 Å². The number of fused-ring (bicyclic) bond motifs is 3. The van der Waals surface area contributed by atoms with Crippen molar-refractivity contribution in [3.05, 3.63) is 64.0 Å². The van der Waals surface area contributed by atoms with Crippen molar-refractivity contribution in [2.75, 3.05) is 13.1 Å². The fourth-order valence-corrected chi connectivity index (χ4v) is 8.34. The molecule has 0 fully saturated rings. The van der Waals surface area contributed by atoms with Gasteiger partial charge in [-0.15, -0.1) is 0 Å². The van der Waals surface area contributed by atoms with Gasteiger partial charge in [-0.25, -0.2) is 0 Å². The van der Waals surface area contributed by atoms with Crippen LogP contribution < -0.4 is 0 Å². The standard InChI is InChI=1S/C34H41NO8/c1-8-35(9-2)14-20-12-21(19-10-11-43-15-19)22-13-32(6)16-33(7)25(17(3)4)28(38)23(18(5)36)30(40)34(33,42)31(41)26(32)29(39)24(22)27(20)37/h10-12,15,17,25,37-38,41-42H,8-9,13-14,16H2,1-7H3/t25?,32-,33-,34+/m1/s1. The van der Waals surface area contributed by atoms with Crippen LogP contribution in [0.2, 0.25) is 0 Å². The highest BCUT2D eigenvalue weighted by Crippen LogP contribution is 2.65. The van der Waals surface area contributed by atoms with E-state index in [2.05, 4.69) is 4.90 Å². The lowest BCUT2D eigenvalue weighted by atomic mass is 9.44. The Morgan fingerprint density at radius 3 is 2.33 bits per heavy atom. The summed E-state index contributed by atoms with van der Waals surface area (Å²) in [6.45, 7) is 14.0. The number of carbonyl (C=O) groups excluding carboxylic acids is 3. The molecule has 0 saturated heterocycles. The summed E-state index contributed by atoms with van der Waals surface area (Å²) in [6, 6.07) is 3.66. The van der Waals surface area contributed by atoms with Crippen LogP contribution in [0.5, 0.6) is 5.75 Å². The number of nitrogens with zero attached hydrogens (tertiary/aromatic N) is 1. The predicted octanol–water partition coefficient (Wildman–Crippen LogP) is 5.45. The quantitative estimate of drug-likeness (QED) is 0.309. The molecule has 3 aliphatic rings. The third kappa shape index (κ3) is 4.08. The lowest BCUT2D eigenvalue weighted by Gasteiger charge is -2.59. The van der Waals surface area contributed by atoms with Crippen LogP contribution in [-0.2, 0) is 22.6 Å². The molecular formula is C34H41NO8. The van der Waals surface area contributed by atoms with E-state index in [1.54, 1.807) is 26.2 Å². The smallest absolute Gasteiger partial charge is 0.209 e. The Bertz CT molecular complexity index is 1590. The molecule has 230 valence electrons. The van der Waals surface area contributed by atoms with Crippen LogP contribution in [0.15, 0.2) is 51.7 Å². The van der Waals surface area contributed by atoms with Gasteiger partial charge in [0.15, 0.2) is 17.2 Å². The molecule has 1 heterocycles. The highest BCUT2D eigenvalue weighted by Gasteiger charge is 2.71. The van der Waals surface area contributed by atoms with Crippen LogP contribution in [0, 0.1) is 22.7 Å². The number of phenols is 1. The monoisotopic (exact) mass is 591 g/mol. The summed E-state index contributed by atoms with van der Waals surface area (Å²) >= 11 is 0. The molecule has 2 aromatic rings. The van der Waals surface area contributed by atoms with Crippen LogP contribution in [0.3, 0.4) is 0 Å². The molecule has 0 spiro atoms. The summed E-state index contributed by atoms with van der Waals surface area (Å²) in [5.74, 6) is -5.18. The molecule has 5 rings (SSSR count). The maximum Gasteiger partial charge on any atom is 0.209 e. The minimum Gasteiger partial charge on any atom is -0.511 e. The highest BCUT2D eigenvalue weighted by atomic mass is 16.4. The number of aliphatic hydroxyl groups excluding tert-OH is 2. The van der Waals surface area contributed by atoms with Crippen LogP contribution in [0.25, 0.3) is 11.1 Å². The molecule has 0 saturated carbocycles. The Balaban J connectivity index is 1.82. The maximum atomic E-state index is 14.5. The zero-order valence-corrected chi connectivity index (χ0v) is 25.9. The summed E-state index contributed by atoms with van der Waals surface area (Å²) in [6.07, 6.45) is 3.34. The number of hydrogen-bond donors (Lipinski definition) is 4. The molecule has 1 unspecified atom stereocenters. The fraction of sp³-hybridized carbons (Fsp3) is 0.500. The first-order valence-electron chi connectivity index (χ1n) is 14.9. The number of furan rings is 1. The Morgan fingerprint density at radius 1 is 1.14 bits per heavy atom. The average molecular weight is 592 g/mol. The molecule has 4 atom stereocenters. The number of aromatic hydroxyl groups is 1. The number of rotatable bonds is 7. The summed E-state index contributed by atoms with van der Waals surface area (Å²) in [5, 5.41) is 47.1. The third-order valence-electron chi connectivity index (χ3n) is 10.2. The van der Waals surface area contributed by atoms with Gasteiger partial charge in [0.25, 0.3) is 0 Å². The molecule has 9 nitrogen and oxygen atoms in total. The second-order valence-corrected chi connectivity index (χ2v) is 13.2. The number of carbonyl (C=O) groups is 3. The normalized spacial score (nSPS) is 28.8. The second kappa shape index (κ2) is 10.2. The number of Topliss-reactive ketones (excluding diaryl/α,β-unsaturated/α-hetero) is 3. The van der Waals surface area contributed by atoms with E-state index >= 15 is 0 Å². The van der Waals surface area contributed by atoms with Crippen LogP contribution >= 0.6 is 0 Å². The predicted molar refractivity (Wildman–Crippen MR) is 160 cm³/mol. The minimum atomic E-state index is -2.64. The summed E-state index contributed by atoms with van der Waals surface area (Å²) in [7, 11) is 0. The van der Waals surface area contributed by atoms with E-state index in [0.29, 0.717) is 23.2 Å². The first kappa shape index (κ1) is 30.8. The van der Waals surface area contributed by atoms with E-state index in [1.165, 1.54) is 6.26 Å². The summed E-state index contributed by atoms with van der Waals surface area (Å²) in [5.41, 5.74) is -3.38. The van der Waals surface area contributed by atoms with Gasteiger partial charge >= 0.3 is 0 Å². The van der Waals surface area contributed by atoms with Crippen LogP contribution in [0.4, 0.5) is 0 Å². The molecule has 3 aliphatic carbocycles. The zero-order valence-electron chi connectivity index (χ0n) is 25.9. The minimum absolute atomic E-state index is 0.0148. The van der Waals surface area contributed by atoms with Gasteiger partial charge in [0, 0.05) is 40.0 Å². The van der Waals surface area contributed by atoms with Gasteiger partial charge in [-0.05, 0) is 62.0 Å². The van der Waals surface area contributed by atoms with Crippen molar-refractivity contribution in [3.63, 3.8) is 0 Å². The number of benzene rings is 1. The molecule has 1 aromatic heterocycles. The van der Waals surface area contributed by atoms with Crippen molar-refractivity contribution in [1.29, 1.82) is 0 Å². The first-order valence-corrected chi connectivity index (χ1v) is 14.9. The van der Waals surface area contributed by atoms with Gasteiger partial charge in [0.1, 0.15) is 22.8 Å². The Hall–Kier alpha value is -3.69. The Kier molecular flexibility index (Phi) is 7.30. The molecule has 0 radical (unpaired) electrons. The Labute approximate surface area is 251 Å². The van der Waals surface area contributed by atoms with Gasteiger partial charge in [-0.3, -0.25) is 19.3 Å². The highest BCUT2D eigenvalue weighted by molar-refractivity contribution is 6.25. The fourth-order valence-electron chi connectivity index (χ4n) is 8.34. The van der Waals surface area contributed by atoms with Crippen molar-refractivity contribution in [3.8, 4) is 16.9 Å². The molecule has 0 bridgehead atoms. The van der Waals surface area contributed by atoms with Crippen molar-refractivity contribution in [2.45, 2.75) is 73.5 Å². The van der Waals surface area contributed by atoms with E-state index in [0.717, 1.165) is 25.6 Å². The van der Waals surface area contributed by atoms with E-state index in [1.807, 2.05) is 33.8 Å². The van der Waals surface area contributed by atoms with E-state index < -0.39 is 56.8 Å².